The van der Waals surface area contributed by atoms with Gasteiger partial charge in [-0.2, -0.15) is 23.3 Å². The zero-order chi connectivity index (χ0) is 34.4. The molecule has 0 aliphatic carbocycles. The number of benzene rings is 3. The molecule has 2 heterocycles. The molecule has 5 rings (SSSR count). The van der Waals surface area contributed by atoms with Crippen LogP contribution in [-0.2, 0) is 48.1 Å². The van der Waals surface area contributed by atoms with E-state index in [0.717, 1.165) is 28.2 Å². The molecule has 1 radical (unpaired) electrons. The second-order valence-corrected chi connectivity index (χ2v) is 12.0. The summed E-state index contributed by atoms with van der Waals surface area (Å²) in [4.78, 5) is 43.8. The molecule has 9 nitrogen and oxygen atoms in total. The Bertz CT molecular complexity index is 1970. The molecule has 49 heavy (non-hydrogen) atoms. The quantitative estimate of drug-likeness (QED) is 0.0801. The van der Waals surface area contributed by atoms with Gasteiger partial charge in [-0.1, -0.05) is 60.3 Å². The van der Waals surface area contributed by atoms with E-state index in [0.29, 0.717) is 28.0 Å². The molecule has 0 aliphatic rings. The molecule has 0 atom stereocenters. The molecule has 1 amide bonds. The Morgan fingerprint density at radius 1 is 0.898 bits per heavy atom. The predicted molar refractivity (Wildman–Crippen MR) is 176 cm³/mol. The summed E-state index contributed by atoms with van der Waals surface area (Å²) in [7, 11) is 1.74. The Morgan fingerprint density at radius 2 is 1.51 bits per heavy atom. The van der Waals surface area contributed by atoms with Gasteiger partial charge in [-0.05, 0) is 52.1 Å². The van der Waals surface area contributed by atoms with E-state index in [9.17, 15) is 37.1 Å². The topological polar surface area (TPSA) is 110 Å². The van der Waals surface area contributed by atoms with E-state index >= 15 is 0 Å². The van der Waals surface area contributed by atoms with Crippen LogP contribution in [0.2, 0.25) is 0 Å². The summed E-state index contributed by atoms with van der Waals surface area (Å²) in [5, 5.41) is 14.0. The van der Waals surface area contributed by atoms with Crippen molar-refractivity contribution >= 4 is 53.2 Å². The first-order valence-corrected chi connectivity index (χ1v) is 15.5. The summed E-state index contributed by atoms with van der Waals surface area (Å²) < 4.78 is 55.4. The van der Waals surface area contributed by atoms with E-state index in [-0.39, 0.29) is 54.2 Å². The van der Waals surface area contributed by atoms with E-state index in [1.807, 2.05) is 0 Å². The number of rotatable bonds is 12. The first kappa shape index (κ1) is 37.6. The Balaban J connectivity index is 0.00000541. The van der Waals surface area contributed by atoms with Crippen LogP contribution in [-0.4, -0.2) is 77.3 Å². The number of alkyl halides is 3. The third-order valence-electron chi connectivity index (χ3n) is 7.32. The third-order valence-corrected chi connectivity index (χ3v) is 8.38. The zero-order valence-corrected chi connectivity index (χ0v) is 29.3. The Labute approximate surface area is 304 Å². The molecule has 15 heteroatoms. The first-order chi connectivity index (χ1) is 22.8. The molecule has 0 aliphatic heterocycles. The number of carbonyl (C=O) groups excluding carboxylic acids is 1. The van der Waals surface area contributed by atoms with Crippen molar-refractivity contribution in [2.75, 3.05) is 6.54 Å². The molecule has 2 aromatic heterocycles. The van der Waals surface area contributed by atoms with Crippen molar-refractivity contribution in [2.45, 2.75) is 36.6 Å². The van der Waals surface area contributed by atoms with Gasteiger partial charge in [0.1, 0.15) is 18.9 Å². The number of aliphatic carboxylic acids is 1. The standard InChI is InChI=1S/C34H29F4N5O4S.Na/c1-41-16-24(15-39-41)14-27-18-43(33(40-32(27)47)48-21-23-4-12-29(35)13-5-23)19-30(44)42(20-31(45)46)17-22-2-6-25(7-3-22)26-8-10-28(11-9-26)34(36,37)38;/h2-13,15-16,18H,14,17,19-21H2,1H3,(H,45,46);. The average Bonchev–Trinajstić information content (AvgIpc) is 3.46. The van der Waals surface area contributed by atoms with Crippen molar-refractivity contribution in [3.8, 4) is 11.1 Å². The molecule has 0 saturated heterocycles. The van der Waals surface area contributed by atoms with Gasteiger partial charge in [0.05, 0.1) is 11.8 Å². The van der Waals surface area contributed by atoms with Crippen molar-refractivity contribution in [1.82, 2.24) is 24.2 Å². The molecular weight excluding hydrogens is 673 g/mol. The summed E-state index contributed by atoms with van der Waals surface area (Å²) in [5.41, 5.74) is 2.39. The van der Waals surface area contributed by atoms with Gasteiger partial charge in [-0.3, -0.25) is 19.1 Å². The van der Waals surface area contributed by atoms with Crippen LogP contribution in [0, 0.1) is 5.82 Å². The maximum absolute atomic E-state index is 13.7. The fraction of sp³-hybridized carbons (Fsp3) is 0.206. The second-order valence-electron chi connectivity index (χ2n) is 11.0. The van der Waals surface area contributed by atoms with Gasteiger partial charge in [0.15, 0.2) is 5.16 Å². The monoisotopic (exact) mass is 702 g/mol. The van der Waals surface area contributed by atoms with Gasteiger partial charge >= 0.3 is 12.1 Å². The maximum Gasteiger partial charge on any atom is 0.416 e. The summed E-state index contributed by atoms with van der Waals surface area (Å²) in [5.74, 6) is -1.85. The molecule has 3 aromatic carbocycles. The SMILES string of the molecule is Cn1cc(Cc2cn(CC(=O)N(CC(=O)O)Cc3ccc(-c4ccc(C(F)(F)F)cc4)cc3)c(SCc3ccc(F)cc3)nc2=O)cn1.[Na]. The smallest absolute Gasteiger partial charge is 0.416 e. The Hall–Kier alpha value is -4.24. The molecule has 0 bridgehead atoms. The number of carboxylic acid groups (broad SMARTS) is 1. The van der Waals surface area contributed by atoms with E-state index in [1.165, 1.54) is 46.8 Å². The fourth-order valence-corrected chi connectivity index (χ4v) is 5.82. The number of amides is 1. The normalized spacial score (nSPS) is 11.2. The number of carboxylic acids is 1. The van der Waals surface area contributed by atoms with Crippen molar-refractivity contribution in [3.63, 3.8) is 0 Å². The van der Waals surface area contributed by atoms with E-state index in [4.69, 9.17) is 0 Å². The number of hydrogen-bond acceptors (Lipinski definition) is 6. The number of halogens is 4. The van der Waals surface area contributed by atoms with E-state index < -0.39 is 41.5 Å². The molecule has 0 spiro atoms. The number of thioether (sulfide) groups is 1. The van der Waals surface area contributed by atoms with Gasteiger partial charge in [0, 0.05) is 73.3 Å². The van der Waals surface area contributed by atoms with Crippen LogP contribution >= 0.6 is 11.8 Å². The van der Waals surface area contributed by atoms with Crippen LogP contribution in [0.4, 0.5) is 17.6 Å². The van der Waals surface area contributed by atoms with Crippen molar-refractivity contribution < 1.29 is 32.3 Å². The number of aryl methyl sites for hydroxylation is 1. The average molecular weight is 703 g/mol. The number of hydrogen-bond donors (Lipinski definition) is 1. The van der Waals surface area contributed by atoms with Crippen molar-refractivity contribution in [1.29, 1.82) is 0 Å². The summed E-state index contributed by atoms with van der Waals surface area (Å²) >= 11 is 1.18. The first-order valence-electron chi connectivity index (χ1n) is 14.6. The fourth-order valence-electron chi connectivity index (χ4n) is 4.90. The predicted octanol–water partition coefficient (Wildman–Crippen LogP) is 5.42. The molecule has 0 fully saturated rings. The van der Waals surface area contributed by atoms with Gasteiger partial charge in [0.25, 0.3) is 5.56 Å². The molecule has 249 valence electrons. The number of nitrogens with zero attached hydrogens (tertiary/aromatic N) is 5. The largest absolute Gasteiger partial charge is 0.480 e. The van der Waals surface area contributed by atoms with Crippen molar-refractivity contribution in [2.24, 2.45) is 7.05 Å². The Morgan fingerprint density at radius 3 is 2.08 bits per heavy atom. The molecule has 5 aromatic rings. The van der Waals surface area contributed by atoms with Crippen LogP contribution in [0.15, 0.2) is 101 Å². The Kier molecular flexibility index (Phi) is 12.6. The number of aromatic nitrogens is 4. The van der Waals surface area contributed by atoms with Crippen LogP contribution in [0.25, 0.3) is 11.1 Å². The summed E-state index contributed by atoms with van der Waals surface area (Å²) in [6.45, 7) is -0.990. The minimum absolute atomic E-state index is 0. The summed E-state index contributed by atoms with van der Waals surface area (Å²) in [6, 6.07) is 17.3. The van der Waals surface area contributed by atoms with Crippen LogP contribution in [0.1, 0.15) is 27.8 Å². The van der Waals surface area contributed by atoms with E-state index in [1.54, 1.807) is 60.5 Å². The second kappa shape index (κ2) is 16.4. The molecular formula is C34H29F4N5NaO4S. The molecule has 1 N–H and O–H groups in total. The zero-order valence-electron chi connectivity index (χ0n) is 26.5. The van der Waals surface area contributed by atoms with Gasteiger partial charge in [-0.25, -0.2) is 4.39 Å². The number of carbonyl (C=O) groups is 2. The minimum atomic E-state index is -4.45. The van der Waals surface area contributed by atoms with E-state index in [2.05, 4.69) is 10.1 Å². The van der Waals surface area contributed by atoms with Crippen LogP contribution in [0.3, 0.4) is 0 Å². The molecule has 0 saturated carbocycles. The van der Waals surface area contributed by atoms with Gasteiger partial charge < -0.3 is 14.6 Å². The van der Waals surface area contributed by atoms with Crippen LogP contribution < -0.4 is 5.56 Å². The summed E-state index contributed by atoms with van der Waals surface area (Å²) in [6.07, 6.45) is 0.663. The minimum Gasteiger partial charge on any atom is -0.480 e. The van der Waals surface area contributed by atoms with Crippen LogP contribution in [0.5, 0.6) is 0 Å². The van der Waals surface area contributed by atoms with Gasteiger partial charge in [0.2, 0.25) is 5.91 Å². The third kappa shape index (κ3) is 10.4. The maximum atomic E-state index is 13.7. The molecule has 0 unspecified atom stereocenters. The van der Waals surface area contributed by atoms with Gasteiger partial charge in [-0.15, -0.1) is 0 Å². The van der Waals surface area contributed by atoms with Crippen molar-refractivity contribution in [3.05, 3.63) is 135 Å².